The molecule has 0 aliphatic carbocycles. The third-order valence-corrected chi connectivity index (χ3v) is 3.57. The number of rotatable bonds is 2. The molecule has 1 heterocycles. The molecule has 0 amide bonds. The fraction of sp³-hybridized carbons (Fsp3) is 0.188. The van der Waals surface area contributed by atoms with Crippen molar-refractivity contribution >= 4 is 11.6 Å². The van der Waals surface area contributed by atoms with Crippen LogP contribution in [0.1, 0.15) is 23.7 Å². The molecule has 0 radical (unpaired) electrons. The highest BCUT2D eigenvalue weighted by atomic mass is 35.5. The van der Waals surface area contributed by atoms with Crippen LogP contribution >= 0.6 is 11.6 Å². The number of ether oxygens (including phenoxy) is 2. The van der Waals surface area contributed by atoms with Gasteiger partial charge < -0.3 is 9.47 Å². The van der Waals surface area contributed by atoms with Crippen molar-refractivity contribution in [3.8, 4) is 17.6 Å². The highest BCUT2D eigenvalue weighted by molar-refractivity contribution is 6.31. The molecule has 100 valence electrons. The van der Waals surface area contributed by atoms with Crippen LogP contribution in [0.4, 0.5) is 0 Å². The molecular weight excluding hydrogens is 274 g/mol. The Labute approximate surface area is 122 Å². The summed E-state index contributed by atoms with van der Waals surface area (Å²) in [7, 11) is 0. The van der Waals surface area contributed by atoms with Gasteiger partial charge >= 0.3 is 0 Å². The molecule has 0 saturated carbocycles. The van der Waals surface area contributed by atoms with Gasteiger partial charge in [-0.05, 0) is 18.2 Å². The van der Waals surface area contributed by atoms with Crippen molar-refractivity contribution < 1.29 is 9.47 Å². The van der Waals surface area contributed by atoms with Gasteiger partial charge in [0.2, 0.25) is 0 Å². The lowest BCUT2D eigenvalue weighted by Gasteiger charge is -2.26. The lowest BCUT2D eigenvalue weighted by Crippen LogP contribution is -2.18. The first kappa shape index (κ1) is 12.8. The Hall–Kier alpha value is -2.18. The van der Waals surface area contributed by atoms with E-state index >= 15 is 0 Å². The number of fused-ring (bicyclic) bond motifs is 1. The van der Waals surface area contributed by atoms with Gasteiger partial charge in [-0.2, -0.15) is 5.26 Å². The van der Waals surface area contributed by atoms with E-state index < -0.39 is 0 Å². The van der Waals surface area contributed by atoms with E-state index in [9.17, 15) is 5.26 Å². The summed E-state index contributed by atoms with van der Waals surface area (Å²) in [5.41, 5.74) is 1.38. The zero-order valence-corrected chi connectivity index (χ0v) is 11.4. The largest absolute Gasteiger partial charge is 0.493 e. The lowest BCUT2D eigenvalue weighted by atomic mass is 10.0. The number of halogens is 1. The molecule has 4 heteroatoms. The van der Waals surface area contributed by atoms with Crippen LogP contribution in [0.15, 0.2) is 42.5 Å². The summed E-state index contributed by atoms with van der Waals surface area (Å²) in [6, 6.07) is 15.1. The molecule has 1 atom stereocenters. The van der Waals surface area contributed by atoms with E-state index in [4.69, 9.17) is 21.1 Å². The first-order valence-corrected chi connectivity index (χ1v) is 6.74. The topological polar surface area (TPSA) is 42.2 Å². The first-order chi connectivity index (χ1) is 9.79. The molecule has 0 fully saturated rings. The van der Waals surface area contributed by atoms with Gasteiger partial charge in [-0.1, -0.05) is 35.9 Å². The fourth-order valence-corrected chi connectivity index (χ4v) is 2.50. The maximum atomic E-state index is 9.18. The predicted octanol–water partition coefficient (Wildman–Crippen LogP) is 4.11. The van der Waals surface area contributed by atoms with Crippen molar-refractivity contribution in [2.45, 2.75) is 12.5 Å². The Morgan fingerprint density at radius 3 is 2.90 bits per heavy atom. The molecule has 1 aliphatic heterocycles. The van der Waals surface area contributed by atoms with E-state index in [1.165, 1.54) is 0 Å². The highest BCUT2D eigenvalue weighted by Gasteiger charge is 2.23. The molecule has 3 rings (SSSR count). The monoisotopic (exact) mass is 285 g/mol. The van der Waals surface area contributed by atoms with Gasteiger partial charge in [-0.3, -0.25) is 0 Å². The van der Waals surface area contributed by atoms with Crippen LogP contribution in [-0.4, -0.2) is 6.61 Å². The van der Waals surface area contributed by atoms with Gasteiger partial charge in [0, 0.05) is 12.0 Å². The van der Waals surface area contributed by atoms with Gasteiger partial charge in [-0.25, -0.2) is 0 Å². The minimum atomic E-state index is -0.120. The molecule has 1 unspecified atom stereocenters. The van der Waals surface area contributed by atoms with Crippen LogP contribution in [0.25, 0.3) is 0 Å². The van der Waals surface area contributed by atoms with E-state index in [0.717, 1.165) is 17.7 Å². The number of benzene rings is 2. The number of nitrogens with zero attached hydrogens (tertiary/aromatic N) is 1. The molecule has 0 spiro atoms. The van der Waals surface area contributed by atoms with Gasteiger partial charge in [-0.15, -0.1) is 0 Å². The second-order valence-electron chi connectivity index (χ2n) is 4.51. The molecular formula is C16H12ClNO2. The summed E-state index contributed by atoms with van der Waals surface area (Å²) in [6.45, 7) is 0.601. The van der Waals surface area contributed by atoms with Gasteiger partial charge in [0.15, 0.2) is 0 Å². The van der Waals surface area contributed by atoms with Gasteiger partial charge in [0.1, 0.15) is 29.2 Å². The van der Waals surface area contributed by atoms with Crippen LogP contribution in [0, 0.1) is 11.3 Å². The molecule has 0 bridgehead atoms. The maximum absolute atomic E-state index is 9.18. The molecule has 0 N–H and O–H groups in total. The van der Waals surface area contributed by atoms with Crippen LogP contribution in [0.2, 0.25) is 5.02 Å². The summed E-state index contributed by atoms with van der Waals surface area (Å²) < 4.78 is 11.6. The van der Waals surface area contributed by atoms with Crippen molar-refractivity contribution in [1.29, 1.82) is 5.26 Å². The zero-order valence-electron chi connectivity index (χ0n) is 10.7. The fourth-order valence-electron chi connectivity index (χ4n) is 2.30. The Kier molecular flexibility index (Phi) is 3.49. The summed E-state index contributed by atoms with van der Waals surface area (Å²) in [5, 5.41) is 9.59. The summed E-state index contributed by atoms with van der Waals surface area (Å²) >= 11 is 6.02. The summed E-state index contributed by atoms with van der Waals surface area (Å²) in [4.78, 5) is 0. The van der Waals surface area contributed by atoms with Crippen molar-refractivity contribution in [1.82, 2.24) is 0 Å². The number of hydrogen-bond acceptors (Lipinski definition) is 3. The van der Waals surface area contributed by atoms with Crippen LogP contribution in [0.5, 0.6) is 11.5 Å². The molecule has 1 aliphatic rings. The number of hydrogen-bond donors (Lipinski definition) is 0. The summed E-state index contributed by atoms with van der Waals surface area (Å²) in [5.74, 6) is 1.35. The van der Waals surface area contributed by atoms with E-state index in [2.05, 4.69) is 6.07 Å². The van der Waals surface area contributed by atoms with E-state index in [1.54, 1.807) is 18.2 Å². The average molecular weight is 286 g/mol. The van der Waals surface area contributed by atoms with Crippen molar-refractivity contribution in [2.75, 3.05) is 6.61 Å². The van der Waals surface area contributed by atoms with Crippen molar-refractivity contribution in [2.24, 2.45) is 0 Å². The minimum Gasteiger partial charge on any atom is -0.493 e. The highest BCUT2D eigenvalue weighted by Crippen LogP contribution is 2.37. The molecule has 0 saturated heterocycles. The Morgan fingerprint density at radius 1 is 1.20 bits per heavy atom. The molecule has 2 aromatic carbocycles. The lowest BCUT2D eigenvalue weighted by molar-refractivity contribution is 0.136. The van der Waals surface area contributed by atoms with Gasteiger partial charge in [0.25, 0.3) is 0 Å². The minimum absolute atomic E-state index is 0.120. The Balaban J connectivity index is 1.94. The summed E-state index contributed by atoms with van der Waals surface area (Å²) in [6.07, 6.45) is 0.625. The smallest absolute Gasteiger partial charge is 0.139 e. The normalized spacial score (nSPS) is 16.7. The van der Waals surface area contributed by atoms with E-state index in [-0.39, 0.29) is 6.10 Å². The van der Waals surface area contributed by atoms with Crippen LogP contribution < -0.4 is 9.47 Å². The Morgan fingerprint density at radius 2 is 2.05 bits per heavy atom. The maximum Gasteiger partial charge on any atom is 0.139 e. The van der Waals surface area contributed by atoms with E-state index in [1.807, 2.05) is 24.3 Å². The molecule has 0 aromatic heterocycles. The van der Waals surface area contributed by atoms with Crippen LogP contribution in [0.3, 0.4) is 0 Å². The quantitative estimate of drug-likeness (QED) is 0.834. The van der Waals surface area contributed by atoms with Crippen molar-refractivity contribution in [3.63, 3.8) is 0 Å². The molecule has 2 aromatic rings. The standard InChI is InChI=1S/C16H12ClNO2/c17-13-5-3-7-15(12(13)10-18)20-16-8-9-19-14-6-2-1-4-11(14)16/h1-7,16H,8-9H2. The second-order valence-corrected chi connectivity index (χ2v) is 4.91. The third kappa shape index (κ3) is 2.31. The molecule has 3 nitrogen and oxygen atoms in total. The van der Waals surface area contributed by atoms with E-state index in [0.29, 0.717) is 22.9 Å². The predicted molar refractivity (Wildman–Crippen MR) is 76.1 cm³/mol. The zero-order chi connectivity index (χ0) is 13.9. The van der Waals surface area contributed by atoms with Crippen molar-refractivity contribution in [3.05, 3.63) is 58.6 Å². The number of para-hydroxylation sites is 1. The Bertz CT molecular complexity index is 678. The molecule has 20 heavy (non-hydrogen) atoms. The third-order valence-electron chi connectivity index (χ3n) is 3.26. The van der Waals surface area contributed by atoms with Crippen LogP contribution in [-0.2, 0) is 0 Å². The second kappa shape index (κ2) is 5.44. The van der Waals surface area contributed by atoms with Gasteiger partial charge in [0.05, 0.1) is 11.6 Å². The average Bonchev–Trinajstić information content (AvgIpc) is 2.48. The number of nitriles is 1. The SMILES string of the molecule is N#Cc1c(Cl)cccc1OC1CCOc2ccccc21. The first-order valence-electron chi connectivity index (χ1n) is 6.36.